The van der Waals surface area contributed by atoms with Crippen molar-refractivity contribution in [1.29, 1.82) is 0 Å². The molecule has 0 radical (unpaired) electrons. The number of nitrogens with zero attached hydrogens (tertiary/aromatic N) is 1. The van der Waals surface area contributed by atoms with E-state index in [-0.39, 0.29) is 11.3 Å². The predicted octanol–water partition coefficient (Wildman–Crippen LogP) is 3.56. The second-order valence-electron chi connectivity index (χ2n) is 3.32. The number of halogens is 3. The molecule has 7 heteroatoms. The number of hydrogen-bond donors (Lipinski definition) is 0. The third-order valence-corrected chi connectivity index (χ3v) is 3.28. The van der Waals surface area contributed by atoms with Gasteiger partial charge in [0.05, 0.1) is 16.1 Å². The number of nitro benzene ring substituents is 1. The summed E-state index contributed by atoms with van der Waals surface area (Å²) >= 11 is 2.95. The zero-order valence-corrected chi connectivity index (χ0v) is 10.3. The van der Waals surface area contributed by atoms with E-state index in [4.69, 9.17) is 0 Å². The summed E-state index contributed by atoms with van der Waals surface area (Å²) in [6.45, 7) is 1.22. The van der Waals surface area contributed by atoms with Gasteiger partial charge in [0.15, 0.2) is 0 Å². The molecule has 1 unspecified atom stereocenters. The van der Waals surface area contributed by atoms with Crippen molar-refractivity contribution in [2.75, 3.05) is 0 Å². The van der Waals surface area contributed by atoms with Gasteiger partial charge in [-0.25, -0.2) is 8.78 Å². The molecule has 0 bridgehead atoms. The number of benzene rings is 1. The van der Waals surface area contributed by atoms with Gasteiger partial charge in [-0.2, -0.15) is 0 Å². The molecular weight excluding hydrogens is 300 g/mol. The average molecular weight is 308 g/mol. The van der Waals surface area contributed by atoms with E-state index in [1.54, 1.807) is 0 Å². The van der Waals surface area contributed by atoms with E-state index in [2.05, 4.69) is 15.9 Å². The average Bonchev–Trinajstić information content (AvgIpc) is 2.26. The molecule has 17 heavy (non-hydrogen) atoms. The Hall–Kier alpha value is -1.37. The summed E-state index contributed by atoms with van der Waals surface area (Å²) in [7, 11) is 0. The third kappa shape index (κ3) is 2.85. The molecule has 0 amide bonds. The van der Waals surface area contributed by atoms with Crippen LogP contribution in [0.15, 0.2) is 18.2 Å². The van der Waals surface area contributed by atoms with E-state index in [1.807, 2.05) is 0 Å². The standard InChI is InChI=1S/C10H8BrF2NO3/c1-5(15)8(11)6-3-2-4-7(10(12)13)9(6)14(16)17/h2-4,8,10H,1H3. The molecule has 0 aliphatic rings. The number of rotatable bonds is 4. The molecule has 92 valence electrons. The van der Waals surface area contributed by atoms with E-state index in [9.17, 15) is 23.7 Å². The number of Topliss-reactive ketones (excluding diaryl/α,β-unsaturated/α-hetero) is 1. The van der Waals surface area contributed by atoms with Crippen molar-refractivity contribution < 1.29 is 18.5 Å². The Labute approximate surface area is 104 Å². The molecule has 0 spiro atoms. The van der Waals surface area contributed by atoms with Crippen LogP contribution in [0.5, 0.6) is 0 Å². The maximum atomic E-state index is 12.6. The van der Waals surface area contributed by atoms with Crippen LogP contribution in [0.1, 0.15) is 29.3 Å². The van der Waals surface area contributed by atoms with E-state index in [0.717, 1.165) is 6.07 Å². The SMILES string of the molecule is CC(=O)C(Br)c1cccc(C(F)F)c1[N+](=O)[O-]. The number of ketones is 1. The van der Waals surface area contributed by atoms with Crippen LogP contribution < -0.4 is 0 Å². The molecule has 0 heterocycles. The highest BCUT2D eigenvalue weighted by Crippen LogP contribution is 2.37. The Morgan fingerprint density at radius 1 is 1.41 bits per heavy atom. The molecule has 0 N–H and O–H groups in total. The van der Waals surface area contributed by atoms with Crippen molar-refractivity contribution in [2.24, 2.45) is 0 Å². The summed E-state index contributed by atoms with van der Waals surface area (Å²) < 4.78 is 25.3. The van der Waals surface area contributed by atoms with Gasteiger partial charge in [-0.1, -0.05) is 28.1 Å². The van der Waals surface area contributed by atoms with Crippen molar-refractivity contribution in [3.63, 3.8) is 0 Å². The fourth-order valence-corrected chi connectivity index (χ4v) is 1.76. The maximum Gasteiger partial charge on any atom is 0.283 e. The lowest BCUT2D eigenvalue weighted by atomic mass is 10.0. The smallest absolute Gasteiger partial charge is 0.283 e. The summed E-state index contributed by atoms with van der Waals surface area (Å²) in [5, 5.41) is 10.8. The highest BCUT2D eigenvalue weighted by molar-refractivity contribution is 9.09. The lowest BCUT2D eigenvalue weighted by Crippen LogP contribution is -2.07. The zero-order chi connectivity index (χ0) is 13.2. The van der Waals surface area contributed by atoms with E-state index in [0.29, 0.717) is 0 Å². The van der Waals surface area contributed by atoms with Gasteiger partial charge in [0.1, 0.15) is 10.6 Å². The normalized spacial score (nSPS) is 12.5. The maximum absolute atomic E-state index is 12.6. The van der Waals surface area contributed by atoms with Gasteiger partial charge >= 0.3 is 0 Å². The lowest BCUT2D eigenvalue weighted by molar-refractivity contribution is -0.387. The molecule has 0 aliphatic heterocycles. The lowest BCUT2D eigenvalue weighted by Gasteiger charge is -2.10. The summed E-state index contributed by atoms with van der Waals surface area (Å²) in [6.07, 6.45) is -2.96. The molecule has 4 nitrogen and oxygen atoms in total. The number of alkyl halides is 3. The molecule has 1 aromatic carbocycles. The van der Waals surface area contributed by atoms with Crippen molar-refractivity contribution in [2.45, 2.75) is 18.2 Å². The minimum absolute atomic E-state index is 0.0553. The molecule has 0 fully saturated rings. The predicted molar refractivity (Wildman–Crippen MR) is 60.4 cm³/mol. The summed E-state index contributed by atoms with van der Waals surface area (Å²) in [4.78, 5) is 20.1. The van der Waals surface area contributed by atoms with Crippen LogP contribution in [0.4, 0.5) is 14.5 Å². The quantitative estimate of drug-likeness (QED) is 0.485. The van der Waals surface area contributed by atoms with Crippen LogP contribution in [-0.4, -0.2) is 10.7 Å². The van der Waals surface area contributed by atoms with Gasteiger partial charge in [0.25, 0.3) is 12.1 Å². The second kappa shape index (κ2) is 5.31. The van der Waals surface area contributed by atoms with Crippen LogP contribution in [0.25, 0.3) is 0 Å². The van der Waals surface area contributed by atoms with Crippen molar-refractivity contribution >= 4 is 27.4 Å². The Morgan fingerprint density at radius 2 is 1.94 bits per heavy atom. The summed E-state index contributed by atoms with van der Waals surface area (Å²) in [5.74, 6) is -0.389. The first-order chi connectivity index (χ1) is 7.86. The fraction of sp³-hybridized carbons (Fsp3) is 0.300. The van der Waals surface area contributed by atoms with Crippen LogP contribution in [0.3, 0.4) is 0 Å². The molecule has 0 saturated carbocycles. The van der Waals surface area contributed by atoms with Gasteiger partial charge in [-0.05, 0) is 13.0 Å². The van der Waals surface area contributed by atoms with Crippen LogP contribution in [-0.2, 0) is 4.79 Å². The number of nitro groups is 1. The van der Waals surface area contributed by atoms with Gasteiger partial charge in [0, 0.05) is 0 Å². The van der Waals surface area contributed by atoms with Crippen molar-refractivity contribution in [3.8, 4) is 0 Å². The summed E-state index contributed by atoms with van der Waals surface area (Å²) in [5.41, 5.74) is -1.45. The first kappa shape index (κ1) is 13.7. The molecule has 1 rings (SSSR count). The monoisotopic (exact) mass is 307 g/mol. The number of carbonyl (C=O) groups excluding carboxylic acids is 1. The van der Waals surface area contributed by atoms with Gasteiger partial charge in [0.2, 0.25) is 0 Å². The van der Waals surface area contributed by atoms with Gasteiger partial charge in [-0.15, -0.1) is 0 Å². The highest BCUT2D eigenvalue weighted by Gasteiger charge is 2.29. The highest BCUT2D eigenvalue weighted by atomic mass is 79.9. The Morgan fingerprint density at radius 3 is 2.35 bits per heavy atom. The number of hydrogen-bond acceptors (Lipinski definition) is 3. The molecule has 0 aromatic heterocycles. The molecular formula is C10H8BrF2NO3. The minimum Gasteiger partial charge on any atom is -0.298 e. The fourth-order valence-electron chi connectivity index (χ4n) is 1.39. The van der Waals surface area contributed by atoms with E-state index < -0.39 is 27.4 Å². The van der Waals surface area contributed by atoms with Gasteiger partial charge in [-0.3, -0.25) is 14.9 Å². The Bertz CT molecular complexity index is 465. The van der Waals surface area contributed by atoms with Gasteiger partial charge < -0.3 is 0 Å². The number of para-hydroxylation sites is 1. The molecule has 0 saturated heterocycles. The first-order valence-corrected chi connectivity index (χ1v) is 5.47. The Kier molecular flexibility index (Phi) is 4.28. The molecule has 1 atom stereocenters. The zero-order valence-electron chi connectivity index (χ0n) is 8.69. The Balaban J connectivity index is 3.45. The molecule has 0 aliphatic carbocycles. The van der Waals surface area contributed by atoms with Crippen LogP contribution >= 0.6 is 15.9 Å². The van der Waals surface area contributed by atoms with E-state index >= 15 is 0 Å². The van der Waals surface area contributed by atoms with Crippen LogP contribution in [0, 0.1) is 10.1 Å². The molecule has 1 aromatic rings. The minimum atomic E-state index is -2.96. The van der Waals surface area contributed by atoms with Crippen molar-refractivity contribution in [3.05, 3.63) is 39.4 Å². The van der Waals surface area contributed by atoms with Crippen LogP contribution in [0.2, 0.25) is 0 Å². The third-order valence-electron chi connectivity index (χ3n) is 2.15. The van der Waals surface area contributed by atoms with E-state index in [1.165, 1.54) is 19.1 Å². The largest absolute Gasteiger partial charge is 0.298 e. The van der Waals surface area contributed by atoms with Crippen molar-refractivity contribution in [1.82, 2.24) is 0 Å². The second-order valence-corrected chi connectivity index (χ2v) is 4.23. The number of carbonyl (C=O) groups is 1. The summed E-state index contributed by atoms with van der Waals surface area (Å²) in [6, 6.07) is 3.53. The topological polar surface area (TPSA) is 60.2 Å². The first-order valence-electron chi connectivity index (χ1n) is 4.56.